The van der Waals surface area contributed by atoms with E-state index in [2.05, 4.69) is 0 Å². The molecule has 1 rings (SSSR count). The molecule has 1 aromatic rings. The summed E-state index contributed by atoms with van der Waals surface area (Å²) in [5.74, 6) is -0.820. The van der Waals surface area contributed by atoms with Crippen molar-refractivity contribution in [3.8, 4) is 0 Å². The van der Waals surface area contributed by atoms with Crippen LogP contribution in [0.4, 0.5) is 10.1 Å². The first-order chi connectivity index (χ1) is 8.76. The van der Waals surface area contributed by atoms with Gasteiger partial charge in [0.2, 0.25) is 10.0 Å². The summed E-state index contributed by atoms with van der Waals surface area (Å²) in [5, 5.41) is 0. The Kier molecular flexibility index (Phi) is 5.28. The van der Waals surface area contributed by atoms with Crippen LogP contribution in [0.15, 0.2) is 23.1 Å². The van der Waals surface area contributed by atoms with E-state index in [1.165, 1.54) is 19.2 Å². The zero-order chi connectivity index (χ0) is 14.6. The molecule has 7 heteroatoms. The molecule has 0 unspecified atom stereocenters. The average molecular weight is 289 g/mol. The van der Waals surface area contributed by atoms with Crippen molar-refractivity contribution in [2.24, 2.45) is 0 Å². The van der Waals surface area contributed by atoms with Gasteiger partial charge in [0.05, 0.1) is 5.69 Å². The third-order valence-corrected chi connectivity index (χ3v) is 4.69. The maximum absolute atomic E-state index is 13.7. The van der Waals surface area contributed by atoms with Crippen molar-refractivity contribution in [1.82, 2.24) is 9.21 Å². The lowest BCUT2D eigenvalue weighted by atomic mass is 10.3. The molecule has 0 saturated heterocycles. The van der Waals surface area contributed by atoms with Gasteiger partial charge in [-0.25, -0.2) is 17.1 Å². The monoisotopic (exact) mass is 289 g/mol. The van der Waals surface area contributed by atoms with E-state index < -0.39 is 20.7 Å². The highest BCUT2D eigenvalue weighted by molar-refractivity contribution is 7.89. The average Bonchev–Trinajstić information content (AvgIpc) is 2.27. The first-order valence-electron chi connectivity index (χ1n) is 5.92. The van der Waals surface area contributed by atoms with Gasteiger partial charge in [-0.15, -0.1) is 0 Å². The third-order valence-electron chi connectivity index (χ3n) is 2.74. The van der Waals surface area contributed by atoms with Crippen molar-refractivity contribution in [3.05, 3.63) is 24.0 Å². The Labute approximate surface area is 113 Å². The van der Waals surface area contributed by atoms with Crippen LogP contribution in [0.3, 0.4) is 0 Å². The first kappa shape index (κ1) is 15.9. The summed E-state index contributed by atoms with van der Waals surface area (Å²) in [5.41, 5.74) is 5.50. The smallest absolute Gasteiger partial charge is 0.247 e. The van der Waals surface area contributed by atoms with Gasteiger partial charge in [-0.3, -0.25) is 0 Å². The van der Waals surface area contributed by atoms with Gasteiger partial charge in [-0.1, -0.05) is 6.07 Å². The van der Waals surface area contributed by atoms with Gasteiger partial charge in [-0.05, 0) is 39.2 Å². The second-order valence-electron chi connectivity index (χ2n) is 4.64. The number of hydrogen-bond acceptors (Lipinski definition) is 4. The summed E-state index contributed by atoms with van der Waals surface area (Å²) < 4.78 is 39.3. The summed E-state index contributed by atoms with van der Waals surface area (Å²) in [7, 11) is 1.36. The molecule has 0 radical (unpaired) electrons. The molecule has 0 saturated carbocycles. The zero-order valence-electron chi connectivity index (χ0n) is 11.4. The molecule has 0 bridgehead atoms. The summed E-state index contributed by atoms with van der Waals surface area (Å²) >= 11 is 0. The van der Waals surface area contributed by atoms with Crippen molar-refractivity contribution in [1.29, 1.82) is 0 Å². The van der Waals surface area contributed by atoms with Gasteiger partial charge in [0.1, 0.15) is 10.7 Å². The standard InChI is InChI=1S/C12H20FN3O2S/c1-15(2)8-5-9-16(3)19(17,18)12-10(13)6-4-7-11(12)14/h4,6-7H,5,8-9,14H2,1-3H3. The van der Waals surface area contributed by atoms with Crippen LogP contribution < -0.4 is 5.73 Å². The lowest BCUT2D eigenvalue weighted by Gasteiger charge is -2.19. The molecular weight excluding hydrogens is 269 g/mol. The summed E-state index contributed by atoms with van der Waals surface area (Å²) in [6.07, 6.45) is 0.664. The molecule has 1 aromatic carbocycles. The van der Waals surface area contributed by atoms with Crippen LogP contribution >= 0.6 is 0 Å². The Bertz CT molecular complexity index is 512. The molecule has 0 atom stereocenters. The predicted octanol–water partition coefficient (Wildman–Crippen LogP) is 0.980. The molecule has 0 heterocycles. The van der Waals surface area contributed by atoms with Crippen molar-refractivity contribution < 1.29 is 12.8 Å². The van der Waals surface area contributed by atoms with E-state index in [0.717, 1.165) is 16.9 Å². The number of anilines is 1. The Morgan fingerprint density at radius 3 is 2.37 bits per heavy atom. The highest BCUT2D eigenvalue weighted by Gasteiger charge is 2.26. The molecule has 0 aliphatic rings. The number of rotatable bonds is 6. The fourth-order valence-corrected chi connectivity index (χ4v) is 3.04. The van der Waals surface area contributed by atoms with E-state index in [-0.39, 0.29) is 5.69 Å². The van der Waals surface area contributed by atoms with E-state index in [0.29, 0.717) is 13.0 Å². The minimum Gasteiger partial charge on any atom is -0.398 e. The van der Waals surface area contributed by atoms with Crippen molar-refractivity contribution >= 4 is 15.7 Å². The van der Waals surface area contributed by atoms with Gasteiger partial charge < -0.3 is 10.6 Å². The second kappa shape index (κ2) is 6.31. The molecule has 0 aliphatic carbocycles. The molecule has 2 N–H and O–H groups in total. The zero-order valence-corrected chi connectivity index (χ0v) is 12.2. The van der Waals surface area contributed by atoms with Crippen LogP contribution in [0.2, 0.25) is 0 Å². The molecule has 19 heavy (non-hydrogen) atoms. The lowest BCUT2D eigenvalue weighted by Crippen LogP contribution is -2.31. The van der Waals surface area contributed by atoms with Gasteiger partial charge >= 0.3 is 0 Å². The Morgan fingerprint density at radius 1 is 1.21 bits per heavy atom. The molecule has 5 nitrogen and oxygen atoms in total. The maximum Gasteiger partial charge on any atom is 0.247 e. The van der Waals surface area contributed by atoms with Gasteiger partial charge in [0.15, 0.2) is 0 Å². The highest BCUT2D eigenvalue weighted by Crippen LogP contribution is 2.24. The number of nitrogen functional groups attached to an aromatic ring is 1. The van der Waals surface area contributed by atoms with Crippen LogP contribution in [0, 0.1) is 5.82 Å². The van der Waals surface area contributed by atoms with Crippen LogP contribution in [-0.2, 0) is 10.0 Å². The van der Waals surface area contributed by atoms with Crippen molar-refractivity contribution in [2.45, 2.75) is 11.3 Å². The SMILES string of the molecule is CN(C)CCCN(C)S(=O)(=O)c1c(N)cccc1F. The fourth-order valence-electron chi connectivity index (χ4n) is 1.68. The number of halogens is 1. The van der Waals surface area contributed by atoms with Crippen LogP contribution in [0.1, 0.15) is 6.42 Å². The Balaban J connectivity index is 2.91. The maximum atomic E-state index is 13.7. The molecular formula is C12H20FN3O2S. The Morgan fingerprint density at radius 2 is 1.84 bits per heavy atom. The quantitative estimate of drug-likeness (QED) is 0.793. The van der Waals surface area contributed by atoms with E-state index >= 15 is 0 Å². The van der Waals surface area contributed by atoms with E-state index in [9.17, 15) is 12.8 Å². The number of hydrogen-bond donors (Lipinski definition) is 1. The summed E-state index contributed by atoms with van der Waals surface area (Å²) in [6, 6.07) is 3.86. The van der Waals surface area contributed by atoms with Crippen molar-refractivity contribution in [3.63, 3.8) is 0 Å². The van der Waals surface area contributed by atoms with Crippen LogP contribution in [-0.4, -0.2) is 51.9 Å². The van der Waals surface area contributed by atoms with Crippen LogP contribution in [0.5, 0.6) is 0 Å². The van der Waals surface area contributed by atoms with E-state index in [1.54, 1.807) is 0 Å². The summed E-state index contributed by atoms with van der Waals surface area (Å²) in [6.45, 7) is 1.07. The van der Waals surface area contributed by atoms with Gasteiger partial charge in [-0.2, -0.15) is 0 Å². The highest BCUT2D eigenvalue weighted by atomic mass is 32.2. The van der Waals surface area contributed by atoms with Crippen molar-refractivity contribution in [2.75, 3.05) is 40.0 Å². The molecule has 0 aromatic heterocycles. The second-order valence-corrected chi connectivity index (χ2v) is 6.62. The normalized spacial score (nSPS) is 12.3. The van der Waals surface area contributed by atoms with Gasteiger partial charge in [0.25, 0.3) is 0 Å². The molecule has 0 spiro atoms. The predicted molar refractivity (Wildman–Crippen MR) is 73.8 cm³/mol. The largest absolute Gasteiger partial charge is 0.398 e. The third kappa shape index (κ3) is 3.89. The fraction of sp³-hybridized carbons (Fsp3) is 0.500. The minimum absolute atomic E-state index is 0.0699. The number of nitrogens with zero attached hydrogens (tertiary/aromatic N) is 2. The number of nitrogens with two attached hydrogens (primary N) is 1. The lowest BCUT2D eigenvalue weighted by molar-refractivity contribution is 0.369. The molecule has 0 amide bonds. The number of sulfonamides is 1. The number of benzene rings is 1. The topological polar surface area (TPSA) is 66.6 Å². The molecule has 108 valence electrons. The Hall–Kier alpha value is -1.18. The molecule has 0 aliphatic heterocycles. The minimum atomic E-state index is -3.88. The van der Waals surface area contributed by atoms with Crippen LogP contribution in [0.25, 0.3) is 0 Å². The van der Waals surface area contributed by atoms with E-state index in [1.807, 2.05) is 19.0 Å². The van der Waals surface area contributed by atoms with Gasteiger partial charge in [0, 0.05) is 13.6 Å². The first-order valence-corrected chi connectivity index (χ1v) is 7.36. The molecule has 0 fully saturated rings. The van der Waals surface area contributed by atoms with E-state index in [4.69, 9.17) is 5.73 Å². The summed E-state index contributed by atoms with van der Waals surface area (Å²) in [4.78, 5) is 1.51.